The summed E-state index contributed by atoms with van der Waals surface area (Å²) in [6, 6.07) is 0. The van der Waals surface area contributed by atoms with Gasteiger partial charge in [-0.05, 0) is 11.8 Å². The van der Waals surface area contributed by atoms with Gasteiger partial charge in [-0.2, -0.15) is 0 Å². The van der Waals surface area contributed by atoms with Gasteiger partial charge in [-0.25, -0.2) is 8.42 Å². The van der Waals surface area contributed by atoms with Crippen LogP contribution in [0.15, 0.2) is 0 Å². The van der Waals surface area contributed by atoms with Crippen LogP contribution in [0, 0.1) is 11.8 Å². The standard InChI is InChI=1S/C7H10O3S/c8-7-1-5-3-11(9,10)4-6(5)2-7/h5-6H,1-4H2. The van der Waals surface area contributed by atoms with E-state index in [1.165, 1.54) is 0 Å². The Morgan fingerprint density at radius 3 is 2.00 bits per heavy atom. The summed E-state index contributed by atoms with van der Waals surface area (Å²) in [6.45, 7) is 0. The van der Waals surface area contributed by atoms with E-state index in [4.69, 9.17) is 0 Å². The molecular weight excluding hydrogens is 164 g/mol. The van der Waals surface area contributed by atoms with E-state index in [0.717, 1.165) is 0 Å². The topological polar surface area (TPSA) is 51.2 Å². The molecule has 0 aromatic carbocycles. The van der Waals surface area contributed by atoms with Gasteiger partial charge in [0.25, 0.3) is 0 Å². The second kappa shape index (κ2) is 2.06. The van der Waals surface area contributed by atoms with Gasteiger partial charge < -0.3 is 0 Å². The second-order valence-electron chi connectivity index (χ2n) is 3.54. The molecule has 2 fully saturated rings. The number of rotatable bonds is 0. The van der Waals surface area contributed by atoms with E-state index < -0.39 is 9.84 Å². The smallest absolute Gasteiger partial charge is 0.150 e. The molecule has 2 aliphatic rings. The van der Waals surface area contributed by atoms with Crippen molar-refractivity contribution in [2.24, 2.45) is 11.8 Å². The SMILES string of the molecule is O=C1CC2CS(=O)(=O)CC2C1. The summed E-state index contributed by atoms with van der Waals surface area (Å²) in [5, 5.41) is 0. The van der Waals surface area contributed by atoms with Crippen molar-refractivity contribution in [2.45, 2.75) is 12.8 Å². The summed E-state index contributed by atoms with van der Waals surface area (Å²) in [5.74, 6) is 1.07. The van der Waals surface area contributed by atoms with Crippen molar-refractivity contribution in [3.8, 4) is 0 Å². The summed E-state index contributed by atoms with van der Waals surface area (Å²) in [7, 11) is -2.78. The molecule has 0 aromatic heterocycles. The van der Waals surface area contributed by atoms with E-state index in [0.29, 0.717) is 12.8 Å². The Bertz CT molecular complexity index is 269. The monoisotopic (exact) mass is 174 g/mol. The van der Waals surface area contributed by atoms with Crippen LogP contribution in [0.4, 0.5) is 0 Å². The van der Waals surface area contributed by atoms with Gasteiger partial charge >= 0.3 is 0 Å². The highest BCUT2D eigenvalue weighted by atomic mass is 32.2. The fourth-order valence-electron chi connectivity index (χ4n) is 2.11. The third kappa shape index (κ3) is 1.20. The van der Waals surface area contributed by atoms with Gasteiger partial charge in [0.1, 0.15) is 5.78 Å². The molecule has 0 radical (unpaired) electrons. The first kappa shape index (κ1) is 7.28. The maximum Gasteiger partial charge on any atom is 0.150 e. The van der Waals surface area contributed by atoms with Crippen LogP contribution in [0.2, 0.25) is 0 Å². The molecule has 4 heteroatoms. The number of hydrogen-bond donors (Lipinski definition) is 0. The minimum atomic E-state index is -2.78. The lowest BCUT2D eigenvalue weighted by atomic mass is 10.0. The summed E-state index contributed by atoms with van der Waals surface area (Å²) in [4.78, 5) is 10.9. The Labute approximate surface area is 65.7 Å². The average Bonchev–Trinajstić information content (AvgIpc) is 2.17. The predicted molar refractivity (Wildman–Crippen MR) is 39.9 cm³/mol. The fourth-order valence-corrected chi connectivity index (χ4v) is 4.33. The quantitative estimate of drug-likeness (QED) is 0.520. The Morgan fingerprint density at radius 2 is 1.55 bits per heavy atom. The van der Waals surface area contributed by atoms with E-state index in [1.807, 2.05) is 0 Å². The lowest BCUT2D eigenvalue weighted by Crippen LogP contribution is -2.06. The van der Waals surface area contributed by atoms with Crippen molar-refractivity contribution in [2.75, 3.05) is 11.5 Å². The van der Waals surface area contributed by atoms with Crippen molar-refractivity contribution >= 4 is 15.6 Å². The first-order valence-corrected chi connectivity index (χ1v) is 5.61. The summed E-state index contributed by atoms with van der Waals surface area (Å²) < 4.78 is 22.1. The predicted octanol–water partition coefficient (Wildman–Crippen LogP) is 0.0101. The first-order chi connectivity index (χ1) is 5.07. The van der Waals surface area contributed by atoms with Gasteiger partial charge in [-0.1, -0.05) is 0 Å². The minimum absolute atomic E-state index is 0.160. The molecule has 1 heterocycles. The van der Waals surface area contributed by atoms with Crippen LogP contribution in [-0.2, 0) is 14.6 Å². The third-order valence-corrected chi connectivity index (χ3v) is 4.45. The number of hydrogen-bond acceptors (Lipinski definition) is 3. The molecule has 2 rings (SSSR count). The van der Waals surface area contributed by atoms with Crippen molar-refractivity contribution < 1.29 is 13.2 Å². The van der Waals surface area contributed by atoms with Crippen LogP contribution in [0.25, 0.3) is 0 Å². The number of ketones is 1. The summed E-state index contributed by atoms with van der Waals surface area (Å²) >= 11 is 0. The number of carbonyl (C=O) groups excluding carboxylic acids is 1. The molecular formula is C7H10O3S. The molecule has 62 valence electrons. The molecule has 0 N–H and O–H groups in total. The van der Waals surface area contributed by atoms with Gasteiger partial charge in [0.2, 0.25) is 0 Å². The van der Waals surface area contributed by atoms with Crippen LogP contribution in [0.1, 0.15) is 12.8 Å². The van der Waals surface area contributed by atoms with E-state index >= 15 is 0 Å². The average molecular weight is 174 g/mol. The Hall–Kier alpha value is -0.380. The normalized spacial score (nSPS) is 40.9. The lowest BCUT2D eigenvalue weighted by Gasteiger charge is -2.00. The Balaban J connectivity index is 2.22. The molecule has 1 aliphatic carbocycles. The molecule has 11 heavy (non-hydrogen) atoms. The molecule has 0 amide bonds. The summed E-state index contributed by atoms with van der Waals surface area (Å²) in [5.41, 5.74) is 0. The molecule has 1 aliphatic heterocycles. The molecule has 3 nitrogen and oxygen atoms in total. The molecule has 0 bridgehead atoms. The van der Waals surface area contributed by atoms with Gasteiger partial charge in [0.05, 0.1) is 11.5 Å². The number of fused-ring (bicyclic) bond motifs is 1. The molecule has 0 aromatic rings. The Morgan fingerprint density at radius 1 is 1.09 bits per heavy atom. The lowest BCUT2D eigenvalue weighted by molar-refractivity contribution is -0.117. The maximum absolute atomic E-state index is 11.0. The molecule has 1 saturated heterocycles. The Kier molecular flexibility index (Phi) is 1.36. The van der Waals surface area contributed by atoms with Crippen LogP contribution in [0.3, 0.4) is 0 Å². The highest BCUT2D eigenvalue weighted by Crippen LogP contribution is 2.36. The van der Waals surface area contributed by atoms with Crippen LogP contribution in [0.5, 0.6) is 0 Å². The molecule has 1 saturated carbocycles. The zero-order valence-corrected chi connectivity index (χ0v) is 6.93. The number of Topliss-reactive ketones (excluding diaryl/α,β-unsaturated/α-hetero) is 1. The van der Waals surface area contributed by atoms with Crippen molar-refractivity contribution in [1.82, 2.24) is 0 Å². The van der Waals surface area contributed by atoms with E-state index in [9.17, 15) is 13.2 Å². The van der Waals surface area contributed by atoms with Gasteiger partial charge in [0, 0.05) is 12.8 Å². The van der Waals surface area contributed by atoms with Gasteiger partial charge in [-0.3, -0.25) is 4.79 Å². The van der Waals surface area contributed by atoms with E-state index in [1.54, 1.807) is 0 Å². The van der Waals surface area contributed by atoms with Crippen LogP contribution >= 0.6 is 0 Å². The minimum Gasteiger partial charge on any atom is -0.300 e. The van der Waals surface area contributed by atoms with Gasteiger partial charge in [-0.15, -0.1) is 0 Å². The third-order valence-electron chi connectivity index (χ3n) is 2.58. The molecule has 2 unspecified atom stereocenters. The number of carbonyl (C=O) groups is 1. The highest BCUT2D eigenvalue weighted by molar-refractivity contribution is 7.91. The van der Waals surface area contributed by atoms with E-state index in [2.05, 4.69) is 0 Å². The van der Waals surface area contributed by atoms with Crippen LogP contribution in [-0.4, -0.2) is 25.7 Å². The molecule has 0 spiro atoms. The first-order valence-electron chi connectivity index (χ1n) is 3.79. The summed E-state index contributed by atoms with van der Waals surface area (Å²) in [6.07, 6.45) is 1.01. The van der Waals surface area contributed by atoms with Crippen molar-refractivity contribution in [1.29, 1.82) is 0 Å². The maximum atomic E-state index is 11.0. The van der Waals surface area contributed by atoms with Crippen molar-refractivity contribution in [3.05, 3.63) is 0 Å². The van der Waals surface area contributed by atoms with Crippen LogP contribution < -0.4 is 0 Å². The largest absolute Gasteiger partial charge is 0.300 e. The highest BCUT2D eigenvalue weighted by Gasteiger charge is 2.43. The number of sulfone groups is 1. The zero-order chi connectivity index (χ0) is 8.06. The fraction of sp³-hybridized carbons (Fsp3) is 0.857. The molecule has 2 atom stereocenters. The van der Waals surface area contributed by atoms with Gasteiger partial charge in [0.15, 0.2) is 9.84 Å². The second-order valence-corrected chi connectivity index (χ2v) is 5.70. The van der Waals surface area contributed by atoms with Crippen molar-refractivity contribution in [3.63, 3.8) is 0 Å². The van der Waals surface area contributed by atoms with E-state index in [-0.39, 0.29) is 29.1 Å². The zero-order valence-electron chi connectivity index (χ0n) is 6.12.